The number of aliphatic hydroxyl groups is 1. The number of carbonyl (C=O) groups excluding carboxylic acids is 1. The van der Waals surface area contributed by atoms with Crippen LogP contribution in [0.25, 0.3) is 0 Å². The average Bonchev–Trinajstić information content (AvgIpc) is 2.43. The molecule has 0 heterocycles. The summed E-state index contributed by atoms with van der Waals surface area (Å²) in [5.74, 6) is -0.273. The molecular weight excluding hydrogens is 264 g/mol. The van der Waals surface area contributed by atoms with Crippen LogP contribution in [0.2, 0.25) is 0 Å². The molecule has 0 saturated carbocycles. The van der Waals surface area contributed by atoms with E-state index in [1.54, 1.807) is 6.92 Å². The maximum absolute atomic E-state index is 11.1. The molecule has 0 saturated heterocycles. The predicted molar refractivity (Wildman–Crippen MR) is 88.2 cm³/mol. The molecule has 21 heavy (non-hydrogen) atoms. The Morgan fingerprint density at radius 3 is 1.81 bits per heavy atom. The highest BCUT2D eigenvalue weighted by Gasteiger charge is 2.01. The van der Waals surface area contributed by atoms with E-state index in [1.165, 1.54) is 44.9 Å². The second-order valence-corrected chi connectivity index (χ2v) is 6.09. The first kappa shape index (κ1) is 20.2. The van der Waals surface area contributed by atoms with Crippen molar-refractivity contribution in [2.45, 2.75) is 90.6 Å². The van der Waals surface area contributed by atoms with Gasteiger partial charge >= 0.3 is 5.97 Å². The number of ether oxygens (including phenoxy) is 1. The smallest absolute Gasteiger partial charge is 0.333 e. The molecule has 0 aromatic carbocycles. The van der Waals surface area contributed by atoms with Gasteiger partial charge in [0, 0.05) is 5.57 Å². The fraction of sp³-hybridized carbons (Fsp3) is 0.833. The summed E-state index contributed by atoms with van der Waals surface area (Å²) in [4.78, 5) is 11.1. The highest BCUT2D eigenvalue weighted by atomic mass is 16.5. The molecule has 0 amide bonds. The van der Waals surface area contributed by atoms with Crippen LogP contribution in [0.1, 0.15) is 84.5 Å². The molecule has 3 nitrogen and oxygen atoms in total. The monoisotopic (exact) mass is 298 g/mol. The minimum Gasteiger partial charge on any atom is -0.462 e. The van der Waals surface area contributed by atoms with Gasteiger partial charge in [0.15, 0.2) is 0 Å². The van der Waals surface area contributed by atoms with Crippen molar-refractivity contribution in [1.82, 2.24) is 0 Å². The first-order valence-electron chi connectivity index (χ1n) is 8.54. The van der Waals surface area contributed by atoms with Gasteiger partial charge in [-0.2, -0.15) is 0 Å². The van der Waals surface area contributed by atoms with E-state index in [1.807, 2.05) is 6.92 Å². The molecular formula is C18H34O3. The van der Waals surface area contributed by atoms with Crippen molar-refractivity contribution in [2.24, 2.45) is 0 Å². The summed E-state index contributed by atoms with van der Waals surface area (Å²) in [6.07, 6.45) is 13.0. The van der Waals surface area contributed by atoms with Crippen molar-refractivity contribution < 1.29 is 14.6 Å². The van der Waals surface area contributed by atoms with E-state index in [0.717, 1.165) is 25.7 Å². The molecule has 1 N–H and O–H groups in total. The average molecular weight is 298 g/mol. The van der Waals surface area contributed by atoms with Crippen molar-refractivity contribution in [2.75, 3.05) is 6.61 Å². The maximum Gasteiger partial charge on any atom is 0.333 e. The third-order valence-corrected chi connectivity index (χ3v) is 3.60. The van der Waals surface area contributed by atoms with Crippen molar-refractivity contribution in [3.05, 3.63) is 12.2 Å². The maximum atomic E-state index is 11.1. The minimum atomic E-state index is -0.273. The Morgan fingerprint density at radius 2 is 1.38 bits per heavy atom. The number of esters is 1. The van der Waals surface area contributed by atoms with Gasteiger partial charge in [-0.3, -0.25) is 0 Å². The molecule has 3 heteroatoms. The van der Waals surface area contributed by atoms with Crippen molar-refractivity contribution in [1.29, 1.82) is 0 Å². The molecule has 0 fully saturated rings. The van der Waals surface area contributed by atoms with E-state index in [2.05, 4.69) is 6.58 Å². The van der Waals surface area contributed by atoms with Gasteiger partial charge in [-0.1, -0.05) is 64.4 Å². The molecule has 1 unspecified atom stereocenters. The summed E-state index contributed by atoms with van der Waals surface area (Å²) in [7, 11) is 0. The van der Waals surface area contributed by atoms with Crippen LogP contribution in [-0.4, -0.2) is 23.8 Å². The lowest BCUT2D eigenvalue weighted by molar-refractivity contribution is -0.139. The highest BCUT2D eigenvalue weighted by molar-refractivity contribution is 5.86. The quantitative estimate of drug-likeness (QED) is 0.285. The Labute approximate surface area is 130 Å². The topological polar surface area (TPSA) is 46.5 Å². The number of unbranched alkanes of at least 4 members (excludes halogenated alkanes) is 9. The Balaban J connectivity index is 3.09. The minimum absolute atomic E-state index is 0.139. The number of carbonyl (C=O) groups is 1. The molecule has 0 spiro atoms. The van der Waals surface area contributed by atoms with Gasteiger partial charge in [0.25, 0.3) is 0 Å². The summed E-state index contributed by atoms with van der Waals surface area (Å²) in [6.45, 7) is 7.61. The van der Waals surface area contributed by atoms with Crippen molar-refractivity contribution in [3.63, 3.8) is 0 Å². The van der Waals surface area contributed by atoms with Gasteiger partial charge in [-0.25, -0.2) is 4.79 Å². The SMILES string of the molecule is C=C(C)C(=O)OCCCCCCCCCCCCC(C)O. The van der Waals surface area contributed by atoms with E-state index in [-0.39, 0.29) is 12.1 Å². The third-order valence-electron chi connectivity index (χ3n) is 3.60. The molecule has 0 aromatic heterocycles. The molecule has 1 atom stereocenters. The molecule has 0 aliphatic carbocycles. The van der Waals surface area contributed by atoms with Gasteiger partial charge in [0.05, 0.1) is 12.7 Å². The second-order valence-electron chi connectivity index (χ2n) is 6.09. The number of hydrogen-bond donors (Lipinski definition) is 1. The molecule has 0 radical (unpaired) electrons. The van der Waals surface area contributed by atoms with Crippen LogP contribution in [0.3, 0.4) is 0 Å². The van der Waals surface area contributed by atoms with Crippen molar-refractivity contribution in [3.8, 4) is 0 Å². The molecule has 0 aliphatic rings. The molecule has 0 aliphatic heterocycles. The molecule has 0 rings (SSSR count). The Morgan fingerprint density at radius 1 is 0.952 bits per heavy atom. The number of hydrogen-bond acceptors (Lipinski definition) is 3. The first-order chi connectivity index (χ1) is 10.0. The van der Waals surface area contributed by atoms with Crippen LogP contribution >= 0.6 is 0 Å². The van der Waals surface area contributed by atoms with Gasteiger partial charge in [-0.05, 0) is 26.7 Å². The van der Waals surface area contributed by atoms with E-state index in [0.29, 0.717) is 12.2 Å². The van der Waals surface area contributed by atoms with E-state index in [4.69, 9.17) is 9.84 Å². The summed E-state index contributed by atoms with van der Waals surface area (Å²) in [5.41, 5.74) is 0.475. The zero-order valence-corrected chi connectivity index (χ0v) is 14.0. The summed E-state index contributed by atoms with van der Waals surface area (Å²) >= 11 is 0. The fourth-order valence-electron chi connectivity index (χ4n) is 2.24. The lowest BCUT2D eigenvalue weighted by atomic mass is 10.0. The van der Waals surface area contributed by atoms with Crippen LogP contribution in [-0.2, 0) is 9.53 Å². The van der Waals surface area contributed by atoms with Gasteiger partial charge in [-0.15, -0.1) is 0 Å². The zero-order chi connectivity index (χ0) is 15.9. The highest BCUT2D eigenvalue weighted by Crippen LogP contribution is 2.12. The van der Waals surface area contributed by atoms with E-state index < -0.39 is 0 Å². The van der Waals surface area contributed by atoms with Crippen LogP contribution < -0.4 is 0 Å². The second kappa shape index (κ2) is 14.1. The van der Waals surface area contributed by atoms with E-state index >= 15 is 0 Å². The van der Waals surface area contributed by atoms with Crippen LogP contribution in [0, 0.1) is 0 Å². The van der Waals surface area contributed by atoms with Crippen molar-refractivity contribution >= 4 is 5.97 Å². The Bertz CT molecular complexity index is 272. The van der Waals surface area contributed by atoms with E-state index in [9.17, 15) is 4.79 Å². The molecule has 0 aromatic rings. The Hall–Kier alpha value is -0.830. The standard InChI is InChI=1S/C18H34O3/c1-16(2)18(20)21-15-13-11-9-7-5-4-6-8-10-12-14-17(3)19/h17,19H,1,4-15H2,2-3H3. The summed E-state index contributed by atoms with van der Waals surface area (Å²) in [6, 6.07) is 0. The lowest BCUT2D eigenvalue weighted by Crippen LogP contribution is -2.05. The van der Waals surface area contributed by atoms with Gasteiger partial charge in [0.1, 0.15) is 0 Å². The normalized spacial score (nSPS) is 12.1. The number of aliphatic hydroxyl groups excluding tert-OH is 1. The largest absolute Gasteiger partial charge is 0.462 e. The Kier molecular flexibility index (Phi) is 13.6. The van der Waals surface area contributed by atoms with Crippen LogP contribution in [0.4, 0.5) is 0 Å². The zero-order valence-electron chi connectivity index (χ0n) is 14.0. The van der Waals surface area contributed by atoms with Crippen LogP contribution in [0.5, 0.6) is 0 Å². The summed E-state index contributed by atoms with van der Waals surface area (Å²) < 4.78 is 5.05. The summed E-state index contributed by atoms with van der Waals surface area (Å²) in [5, 5.41) is 9.14. The van der Waals surface area contributed by atoms with Crippen LogP contribution in [0.15, 0.2) is 12.2 Å². The van der Waals surface area contributed by atoms with Gasteiger partial charge < -0.3 is 9.84 Å². The predicted octanol–water partition coefficient (Wildman–Crippen LogP) is 4.78. The van der Waals surface area contributed by atoms with Gasteiger partial charge in [0.2, 0.25) is 0 Å². The lowest BCUT2D eigenvalue weighted by Gasteiger charge is -2.05. The third kappa shape index (κ3) is 15.4. The number of rotatable bonds is 14. The molecule has 0 bridgehead atoms. The fourth-order valence-corrected chi connectivity index (χ4v) is 2.24. The first-order valence-corrected chi connectivity index (χ1v) is 8.54. The molecule has 124 valence electrons.